The Morgan fingerprint density at radius 1 is 1.35 bits per heavy atom. The first-order chi connectivity index (χ1) is 16.4. The molecule has 1 unspecified atom stereocenters. The number of carbonyl (C=O) groups excluding carboxylic acids is 1. The van der Waals surface area contributed by atoms with Crippen LogP contribution in [0.5, 0.6) is 0 Å². The Morgan fingerprint density at radius 2 is 2.12 bits per heavy atom. The van der Waals surface area contributed by atoms with Gasteiger partial charge in [-0.1, -0.05) is 13.8 Å². The van der Waals surface area contributed by atoms with E-state index in [-0.39, 0.29) is 24.7 Å². The summed E-state index contributed by atoms with van der Waals surface area (Å²) in [7, 11) is 1.93. The molecular formula is C25H34N6O2S. The molecule has 34 heavy (non-hydrogen) atoms. The number of aliphatic imine (C=N–C) groups is 1. The Morgan fingerprint density at radius 3 is 2.82 bits per heavy atom. The van der Waals surface area contributed by atoms with Gasteiger partial charge in [-0.05, 0) is 49.0 Å². The quantitative estimate of drug-likeness (QED) is 0.588. The van der Waals surface area contributed by atoms with Crippen LogP contribution in [0.1, 0.15) is 60.5 Å². The number of aromatic nitrogens is 1. The number of rotatable bonds is 6. The minimum absolute atomic E-state index is 0.0256. The van der Waals surface area contributed by atoms with Gasteiger partial charge in [0.2, 0.25) is 0 Å². The van der Waals surface area contributed by atoms with Crippen molar-refractivity contribution in [2.45, 2.75) is 51.7 Å². The predicted molar refractivity (Wildman–Crippen MR) is 138 cm³/mol. The second kappa shape index (κ2) is 9.20. The standard InChI is InChI=1S/C25H34N6O2S/c1-15(2)21-19-12-20(25(33)29(4)18-5-7-30(8-6-18)9-10-32)34-24(19)28-22(21)17-11-16(3)23-26-14-27-31(23)13-17/h11-15,18,23,28,32H,5-10H2,1-4H3,(H,26,27). The fraction of sp³-hybridized carbons (Fsp3) is 0.520. The lowest BCUT2D eigenvalue weighted by Gasteiger charge is -2.36. The first kappa shape index (κ1) is 23.1. The number of allylic oxidation sites excluding steroid dienone is 2. The van der Waals surface area contributed by atoms with Crippen LogP contribution < -0.4 is 5.43 Å². The molecule has 9 heteroatoms. The summed E-state index contributed by atoms with van der Waals surface area (Å²) in [4.78, 5) is 27.5. The van der Waals surface area contributed by atoms with Crippen molar-refractivity contribution >= 4 is 39.4 Å². The van der Waals surface area contributed by atoms with Crippen LogP contribution in [0.3, 0.4) is 0 Å². The molecule has 1 fully saturated rings. The zero-order chi connectivity index (χ0) is 24.0. The third-order valence-corrected chi connectivity index (χ3v) is 8.24. The number of aromatic amines is 1. The smallest absolute Gasteiger partial charge is 0.264 e. The van der Waals surface area contributed by atoms with E-state index in [0.29, 0.717) is 12.5 Å². The number of nitrogens with one attached hydrogen (secondary N) is 2. The molecule has 3 aliphatic heterocycles. The predicted octanol–water partition coefficient (Wildman–Crippen LogP) is 3.36. The maximum Gasteiger partial charge on any atom is 0.264 e. The fourth-order valence-electron chi connectivity index (χ4n) is 5.35. The number of aliphatic hydroxyl groups excluding tert-OH is 1. The molecule has 8 nitrogen and oxygen atoms in total. The van der Waals surface area contributed by atoms with Gasteiger partial charge in [0, 0.05) is 49.9 Å². The summed E-state index contributed by atoms with van der Waals surface area (Å²) in [5.74, 6) is 0.408. The Balaban J connectivity index is 1.40. The molecular weight excluding hydrogens is 448 g/mol. The Kier molecular flexibility index (Phi) is 6.26. The third-order valence-electron chi connectivity index (χ3n) is 7.20. The van der Waals surface area contributed by atoms with Crippen molar-refractivity contribution in [2.24, 2.45) is 4.99 Å². The van der Waals surface area contributed by atoms with Crippen molar-refractivity contribution in [3.63, 3.8) is 0 Å². The Labute approximate surface area is 204 Å². The van der Waals surface area contributed by atoms with Gasteiger partial charge in [-0.15, -0.1) is 11.3 Å². The molecule has 3 N–H and O–H groups in total. The molecule has 0 aromatic carbocycles. The summed E-state index contributed by atoms with van der Waals surface area (Å²) in [5, 5.41) is 12.3. The number of likely N-dealkylation sites (tertiary alicyclic amines) is 1. The lowest BCUT2D eigenvalue weighted by atomic mass is 9.95. The summed E-state index contributed by atoms with van der Waals surface area (Å²) < 4.78 is 0. The van der Waals surface area contributed by atoms with Crippen molar-refractivity contribution in [1.82, 2.24) is 25.2 Å². The van der Waals surface area contributed by atoms with Gasteiger partial charge < -0.3 is 19.9 Å². The first-order valence-electron chi connectivity index (χ1n) is 12.1. The fourth-order valence-corrected chi connectivity index (χ4v) is 6.40. The highest BCUT2D eigenvalue weighted by Gasteiger charge is 2.30. The summed E-state index contributed by atoms with van der Waals surface area (Å²) in [6.45, 7) is 9.28. The number of β-amino-alcohol motifs (C(OH)–C–C–N with tert-alkyl or cyclic N) is 1. The average molecular weight is 483 g/mol. The molecule has 2 aromatic rings. The number of carbonyl (C=O) groups is 1. The van der Waals surface area contributed by atoms with E-state index in [1.807, 2.05) is 17.0 Å². The molecule has 0 spiro atoms. The topological polar surface area (TPSA) is 87.2 Å². The normalized spacial score (nSPS) is 21.1. The van der Waals surface area contributed by atoms with E-state index >= 15 is 0 Å². The van der Waals surface area contributed by atoms with Crippen LogP contribution in [0, 0.1) is 0 Å². The van der Waals surface area contributed by atoms with E-state index < -0.39 is 0 Å². The van der Waals surface area contributed by atoms with Gasteiger partial charge in [0.25, 0.3) is 5.91 Å². The number of thiophene rings is 1. The second-order valence-electron chi connectivity index (χ2n) is 9.80. The largest absolute Gasteiger partial charge is 0.395 e. The van der Waals surface area contributed by atoms with Crippen LogP contribution in [0.4, 0.5) is 0 Å². The molecule has 2 aromatic heterocycles. The lowest BCUT2D eigenvalue weighted by molar-refractivity contribution is 0.0630. The number of amides is 1. The number of piperidine rings is 1. The van der Waals surface area contributed by atoms with E-state index in [9.17, 15) is 9.90 Å². The van der Waals surface area contributed by atoms with Crippen LogP contribution in [0.25, 0.3) is 15.8 Å². The van der Waals surface area contributed by atoms with Gasteiger partial charge in [-0.3, -0.25) is 15.2 Å². The van der Waals surface area contributed by atoms with Crippen LogP contribution >= 0.6 is 11.3 Å². The zero-order valence-corrected chi connectivity index (χ0v) is 21.2. The lowest BCUT2D eigenvalue weighted by Crippen LogP contribution is -2.46. The minimum Gasteiger partial charge on any atom is -0.395 e. The molecule has 0 aliphatic carbocycles. The molecule has 1 saturated heterocycles. The van der Waals surface area contributed by atoms with Gasteiger partial charge in [0.1, 0.15) is 11.2 Å². The van der Waals surface area contributed by atoms with Gasteiger partial charge >= 0.3 is 0 Å². The van der Waals surface area contributed by atoms with Crippen molar-refractivity contribution in [2.75, 3.05) is 33.3 Å². The molecule has 3 aliphatic rings. The molecule has 5 heterocycles. The minimum atomic E-state index is 0.0256. The second-order valence-corrected chi connectivity index (χ2v) is 10.8. The number of fused-ring (bicyclic) bond motifs is 2. The molecule has 1 amide bonds. The van der Waals surface area contributed by atoms with Gasteiger partial charge in [0.05, 0.1) is 17.2 Å². The molecule has 0 saturated carbocycles. The van der Waals surface area contributed by atoms with Crippen molar-refractivity contribution < 1.29 is 9.90 Å². The van der Waals surface area contributed by atoms with Crippen molar-refractivity contribution in [1.29, 1.82) is 0 Å². The summed E-state index contributed by atoms with van der Waals surface area (Å²) >= 11 is 1.55. The Bertz CT molecular complexity index is 1170. The summed E-state index contributed by atoms with van der Waals surface area (Å²) in [6.07, 6.45) is 7.97. The van der Waals surface area contributed by atoms with E-state index in [0.717, 1.165) is 52.3 Å². The number of hydrogen-bond donors (Lipinski definition) is 3. The SMILES string of the molecule is CC1=CC(c2[nH]c3sc(C(=O)N(C)C4CCN(CCO)CC4)cc3c2C(C)C)=CN2NC=NC12. The van der Waals surface area contributed by atoms with Crippen LogP contribution in [-0.4, -0.2) is 82.6 Å². The number of H-pyrrole nitrogens is 1. The van der Waals surface area contributed by atoms with E-state index in [2.05, 4.69) is 59.4 Å². The first-order valence-corrected chi connectivity index (χ1v) is 12.9. The third kappa shape index (κ3) is 4.06. The van der Waals surface area contributed by atoms with Gasteiger partial charge in [-0.2, -0.15) is 0 Å². The monoisotopic (exact) mass is 482 g/mol. The van der Waals surface area contributed by atoms with Gasteiger partial charge in [-0.25, -0.2) is 4.99 Å². The summed E-state index contributed by atoms with van der Waals surface area (Å²) in [6, 6.07) is 2.32. The molecule has 5 rings (SSSR count). The van der Waals surface area contributed by atoms with E-state index in [1.54, 1.807) is 17.7 Å². The van der Waals surface area contributed by atoms with Crippen LogP contribution in [0.2, 0.25) is 0 Å². The summed E-state index contributed by atoms with van der Waals surface area (Å²) in [5.41, 5.74) is 7.87. The maximum absolute atomic E-state index is 13.4. The maximum atomic E-state index is 13.4. The zero-order valence-electron chi connectivity index (χ0n) is 20.3. The number of hydrazine groups is 1. The van der Waals surface area contributed by atoms with Crippen molar-refractivity contribution in [3.8, 4) is 0 Å². The van der Waals surface area contributed by atoms with E-state index in [4.69, 9.17) is 0 Å². The highest BCUT2D eigenvalue weighted by Crippen LogP contribution is 2.40. The molecule has 0 radical (unpaired) electrons. The number of nitrogens with zero attached hydrogens (tertiary/aromatic N) is 4. The molecule has 1 atom stereocenters. The Hall–Kier alpha value is -2.62. The molecule has 182 valence electrons. The van der Waals surface area contributed by atoms with Crippen LogP contribution in [0.15, 0.2) is 28.9 Å². The van der Waals surface area contributed by atoms with Crippen LogP contribution in [-0.2, 0) is 0 Å². The highest BCUT2D eigenvalue weighted by atomic mass is 32.1. The average Bonchev–Trinajstić information content (AvgIpc) is 3.53. The van der Waals surface area contributed by atoms with Crippen molar-refractivity contribution in [3.05, 3.63) is 40.0 Å². The molecule has 0 bridgehead atoms. The van der Waals surface area contributed by atoms with E-state index in [1.165, 1.54) is 11.1 Å². The van der Waals surface area contributed by atoms with Gasteiger partial charge in [0.15, 0.2) is 6.17 Å². The number of aliphatic hydroxyl groups is 1. The highest BCUT2D eigenvalue weighted by molar-refractivity contribution is 7.20. The number of hydrogen-bond acceptors (Lipinski definition) is 7.